The molecule has 1 N–H and O–H groups in total. The highest BCUT2D eigenvalue weighted by Crippen LogP contribution is 2.35. The van der Waals surface area contributed by atoms with Gasteiger partial charge in [-0.25, -0.2) is 14.4 Å². The molecule has 2 heterocycles. The normalized spacial score (nSPS) is 16.1. The quantitative estimate of drug-likeness (QED) is 0.674. The molecule has 1 aliphatic heterocycles. The van der Waals surface area contributed by atoms with Crippen molar-refractivity contribution in [2.45, 2.75) is 38.8 Å². The minimum Gasteiger partial charge on any atom is -0.347 e. The molecule has 0 bridgehead atoms. The predicted octanol–water partition coefficient (Wildman–Crippen LogP) is 4.22. The average molecular weight is 419 g/mol. The molecule has 31 heavy (non-hydrogen) atoms. The van der Waals surface area contributed by atoms with Gasteiger partial charge in [-0.1, -0.05) is 42.5 Å². The minimum absolute atomic E-state index is 0.142. The molecule has 0 aliphatic carbocycles. The maximum absolute atomic E-state index is 14.5. The number of carbonyl (C=O) groups excluding carboxylic acids is 1. The third-order valence-electron chi connectivity index (χ3n) is 6.01. The first-order valence-corrected chi connectivity index (χ1v) is 10.6. The molecule has 1 amide bonds. The van der Waals surface area contributed by atoms with Gasteiger partial charge in [-0.05, 0) is 31.4 Å². The zero-order chi connectivity index (χ0) is 21.8. The van der Waals surface area contributed by atoms with E-state index in [2.05, 4.69) is 33.2 Å². The molecule has 1 aromatic heterocycles. The van der Waals surface area contributed by atoms with Crippen LogP contribution in [0.15, 0.2) is 60.9 Å². The van der Waals surface area contributed by atoms with Gasteiger partial charge in [0.1, 0.15) is 5.82 Å². The van der Waals surface area contributed by atoms with Crippen molar-refractivity contribution in [3.05, 3.63) is 83.4 Å². The summed E-state index contributed by atoms with van der Waals surface area (Å²) in [7, 11) is 0. The van der Waals surface area contributed by atoms with Crippen LogP contribution in [0.25, 0.3) is 11.4 Å². The van der Waals surface area contributed by atoms with Crippen LogP contribution in [0.5, 0.6) is 0 Å². The maximum Gasteiger partial charge on any atom is 0.217 e. The van der Waals surface area contributed by atoms with Gasteiger partial charge < -0.3 is 5.32 Å². The lowest BCUT2D eigenvalue weighted by Crippen LogP contribution is -2.52. The number of carbonyl (C=O) groups is 1. The molecule has 0 saturated carbocycles. The number of halogens is 1. The molecule has 160 valence electrons. The highest BCUT2D eigenvalue weighted by atomic mass is 19.1. The Morgan fingerprint density at radius 3 is 2.35 bits per heavy atom. The summed E-state index contributed by atoms with van der Waals surface area (Å²) in [5, 5.41) is 3.04. The molecule has 0 atom stereocenters. The molecule has 1 saturated heterocycles. The van der Waals surface area contributed by atoms with Crippen molar-refractivity contribution in [1.82, 2.24) is 20.2 Å². The lowest BCUT2D eigenvalue weighted by molar-refractivity contribution is -0.121. The number of rotatable bonds is 5. The third kappa shape index (κ3) is 4.64. The van der Waals surface area contributed by atoms with E-state index in [0.29, 0.717) is 18.4 Å². The van der Waals surface area contributed by atoms with E-state index < -0.39 is 5.54 Å². The van der Waals surface area contributed by atoms with Crippen LogP contribution in [0.3, 0.4) is 0 Å². The predicted molar refractivity (Wildman–Crippen MR) is 119 cm³/mol. The van der Waals surface area contributed by atoms with Crippen LogP contribution in [-0.2, 0) is 16.9 Å². The van der Waals surface area contributed by atoms with E-state index in [1.165, 1.54) is 13.0 Å². The number of nitrogens with zero attached hydrogens (tertiary/aromatic N) is 3. The second-order valence-corrected chi connectivity index (χ2v) is 8.25. The van der Waals surface area contributed by atoms with Gasteiger partial charge in [0.25, 0.3) is 0 Å². The monoisotopic (exact) mass is 418 g/mol. The van der Waals surface area contributed by atoms with Gasteiger partial charge in [0, 0.05) is 55.6 Å². The Bertz CT molecular complexity index is 1060. The number of aryl methyl sites for hydroxylation is 1. The Morgan fingerprint density at radius 1 is 1.06 bits per heavy atom. The van der Waals surface area contributed by atoms with E-state index in [0.717, 1.165) is 42.1 Å². The Morgan fingerprint density at radius 2 is 1.71 bits per heavy atom. The summed E-state index contributed by atoms with van der Waals surface area (Å²) in [4.78, 5) is 23.3. The van der Waals surface area contributed by atoms with Crippen molar-refractivity contribution in [2.24, 2.45) is 0 Å². The van der Waals surface area contributed by atoms with E-state index in [1.54, 1.807) is 12.1 Å². The van der Waals surface area contributed by atoms with Crippen LogP contribution in [0, 0.1) is 12.7 Å². The lowest BCUT2D eigenvalue weighted by atomic mass is 9.80. The van der Waals surface area contributed by atoms with Gasteiger partial charge in [-0.2, -0.15) is 0 Å². The van der Waals surface area contributed by atoms with Crippen LogP contribution in [0.2, 0.25) is 0 Å². The number of amides is 1. The first-order chi connectivity index (χ1) is 15.0. The van der Waals surface area contributed by atoms with Crippen LogP contribution in [0.1, 0.15) is 36.5 Å². The molecule has 2 aromatic carbocycles. The first kappa shape index (κ1) is 21.1. The topological polar surface area (TPSA) is 58.1 Å². The molecule has 1 fully saturated rings. The fraction of sp³-hybridized carbons (Fsp3) is 0.320. The molecule has 0 unspecified atom stereocenters. The molecule has 1 aliphatic rings. The summed E-state index contributed by atoms with van der Waals surface area (Å²) >= 11 is 0. The van der Waals surface area contributed by atoms with E-state index in [9.17, 15) is 9.18 Å². The van der Waals surface area contributed by atoms with Crippen LogP contribution >= 0.6 is 0 Å². The highest BCUT2D eigenvalue weighted by molar-refractivity contribution is 5.74. The van der Waals surface area contributed by atoms with Crippen molar-refractivity contribution in [3.63, 3.8) is 0 Å². The fourth-order valence-corrected chi connectivity index (χ4v) is 4.40. The summed E-state index contributed by atoms with van der Waals surface area (Å²) in [6, 6.07) is 14.8. The summed E-state index contributed by atoms with van der Waals surface area (Å²) in [5.74, 6) is 0.312. The van der Waals surface area contributed by atoms with Crippen LogP contribution < -0.4 is 5.32 Å². The number of piperidine rings is 1. The summed E-state index contributed by atoms with van der Waals surface area (Å²) < 4.78 is 14.5. The number of aromatic nitrogens is 2. The van der Waals surface area contributed by atoms with Gasteiger partial charge in [0.15, 0.2) is 5.82 Å². The van der Waals surface area contributed by atoms with Gasteiger partial charge >= 0.3 is 0 Å². The summed E-state index contributed by atoms with van der Waals surface area (Å²) in [6.45, 7) is 5.75. The smallest absolute Gasteiger partial charge is 0.217 e. The highest BCUT2D eigenvalue weighted by Gasteiger charge is 2.38. The number of benzene rings is 2. The standard InChI is InChI=1S/C25H27FN4O/c1-18-7-3-4-8-21(18)24-27-15-20(16-28-24)17-30-13-11-25(12-14-30,29-19(2)31)22-9-5-6-10-23(22)26/h3-10,15-16H,11-14,17H2,1-2H3,(H,29,31). The zero-order valence-corrected chi connectivity index (χ0v) is 17.9. The van der Waals surface area contributed by atoms with Crippen LogP contribution in [0.4, 0.5) is 4.39 Å². The van der Waals surface area contributed by atoms with Crippen molar-refractivity contribution < 1.29 is 9.18 Å². The van der Waals surface area contributed by atoms with E-state index in [-0.39, 0.29) is 11.7 Å². The third-order valence-corrected chi connectivity index (χ3v) is 6.01. The molecule has 0 radical (unpaired) electrons. The Kier molecular flexibility index (Phi) is 6.09. The summed E-state index contributed by atoms with van der Waals surface area (Å²) in [6.07, 6.45) is 5.05. The Balaban J connectivity index is 1.45. The van der Waals surface area contributed by atoms with Gasteiger partial charge in [0.2, 0.25) is 5.91 Å². The minimum atomic E-state index is -0.668. The second-order valence-electron chi connectivity index (χ2n) is 8.25. The molecule has 3 aromatic rings. The zero-order valence-electron chi connectivity index (χ0n) is 17.9. The lowest BCUT2D eigenvalue weighted by Gasteiger charge is -2.42. The molecule has 5 nitrogen and oxygen atoms in total. The Hall–Kier alpha value is -3.12. The van der Waals surface area contributed by atoms with E-state index in [4.69, 9.17) is 0 Å². The van der Waals surface area contributed by atoms with E-state index in [1.807, 2.05) is 36.7 Å². The van der Waals surface area contributed by atoms with Crippen LogP contribution in [-0.4, -0.2) is 33.9 Å². The fourth-order valence-electron chi connectivity index (χ4n) is 4.40. The van der Waals surface area contributed by atoms with Crippen molar-refractivity contribution >= 4 is 5.91 Å². The SMILES string of the molecule is CC(=O)NC1(c2ccccc2F)CCN(Cc2cnc(-c3ccccc3C)nc2)CC1. The second kappa shape index (κ2) is 8.94. The van der Waals surface area contributed by atoms with E-state index >= 15 is 0 Å². The van der Waals surface area contributed by atoms with Gasteiger partial charge in [-0.15, -0.1) is 0 Å². The average Bonchev–Trinajstić information content (AvgIpc) is 2.76. The molecular formula is C25H27FN4O. The van der Waals surface area contributed by atoms with Gasteiger partial charge in [0.05, 0.1) is 5.54 Å². The van der Waals surface area contributed by atoms with Crippen molar-refractivity contribution in [3.8, 4) is 11.4 Å². The number of nitrogens with one attached hydrogen (secondary N) is 1. The molecule has 6 heteroatoms. The number of likely N-dealkylation sites (tertiary alicyclic amines) is 1. The molecular weight excluding hydrogens is 391 g/mol. The van der Waals surface area contributed by atoms with Crippen molar-refractivity contribution in [2.75, 3.05) is 13.1 Å². The number of hydrogen-bond acceptors (Lipinski definition) is 4. The number of hydrogen-bond donors (Lipinski definition) is 1. The van der Waals surface area contributed by atoms with Crippen molar-refractivity contribution in [1.29, 1.82) is 0 Å². The summed E-state index contributed by atoms with van der Waals surface area (Å²) in [5.41, 5.74) is 3.12. The maximum atomic E-state index is 14.5. The van der Waals surface area contributed by atoms with Gasteiger partial charge in [-0.3, -0.25) is 9.69 Å². The molecule has 4 rings (SSSR count). The molecule has 0 spiro atoms. The Labute approximate surface area is 182 Å². The largest absolute Gasteiger partial charge is 0.347 e. The first-order valence-electron chi connectivity index (χ1n) is 10.6.